The topological polar surface area (TPSA) is 59.1 Å². The SMILES string of the molecule is Cc1cccnc1NS(=O)(=O)c1ccc(Br)cc1Cl. The standard InChI is InChI=1S/C12H10BrClN2O2S/c1-8-3-2-6-15-12(8)16-19(17,18)11-5-4-9(13)7-10(11)14/h2-7H,1H3,(H,15,16). The molecule has 19 heavy (non-hydrogen) atoms. The lowest BCUT2D eigenvalue weighted by molar-refractivity contribution is 0.601. The number of nitrogens with one attached hydrogen (secondary N) is 1. The molecule has 0 atom stereocenters. The van der Waals surface area contributed by atoms with Gasteiger partial charge in [-0.2, -0.15) is 0 Å². The molecule has 2 aromatic rings. The minimum absolute atomic E-state index is 0.0161. The third kappa shape index (κ3) is 3.26. The van der Waals surface area contributed by atoms with Gasteiger partial charge >= 0.3 is 0 Å². The van der Waals surface area contributed by atoms with Crippen LogP contribution in [0.3, 0.4) is 0 Å². The van der Waals surface area contributed by atoms with Gasteiger partial charge in [0.05, 0.1) is 5.02 Å². The van der Waals surface area contributed by atoms with E-state index in [1.807, 2.05) is 0 Å². The molecule has 0 radical (unpaired) electrons. The highest BCUT2D eigenvalue weighted by molar-refractivity contribution is 9.10. The summed E-state index contributed by atoms with van der Waals surface area (Å²) in [5.41, 5.74) is 0.735. The molecule has 0 spiro atoms. The van der Waals surface area contributed by atoms with Crippen LogP contribution in [-0.2, 0) is 10.0 Å². The van der Waals surface area contributed by atoms with Crippen molar-refractivity contribution in [2.24, 2.45) is 0 Å². The fraction of sp³-hybridized carbons (Fsp3) is 0.0833. The number of halogens is 2. The van der Waals surface area contributed by atoms with E-state index in [0.717, 1.165) is 5.56 Å². The Hall–Kier alpha value is -1.11. The highest BCUT2D eigenvalue weighted by Gasteiger charge is 2.19. The molecule has 1 heterocycles. The van der Waals surface area contributed by atoms with E-state index in [1.54, 1.807) is 25.1 Å². The zero-order chi connectivity index (χ0) is 14.0. The maximum Gasteiger partial charge on any atom is 0.264 e. The van der Waals surface area contributed by atoms with Gasteiger partial charge in [-0.25, -0.2) is 13.4 Å². The van der Waals surface area contributed by atoms with Crippen LogP contribution in [0.2, 0.25) is 5.02 Å². The van der Waals surface area contributed by atoms with Crippen molar-refractivity contribution in [1.82, 2.24) is 4.98 Å². The predicted molar refractivity (Wildman–Crippen MR) is 78.9 cm³/mol. The van der Waals surface area contributed by atoms with Crippen LogP contribution in [0.25, 0.3) is 0 Å². The second-order valence-corrected chi connectivity index (χ2v) is 6.82. The third-order valence-corrected chi connectivity index (χ3v) is 4.74. The molecular formula is C12H10BrClN2O2S. The summed E-state index contributed by atoms with van der Waals surface area (Å²) in [6.07, 6.45) is 1.52. The number of anilines is 1. The van der Waals surface area contributed by atoms with Gasteiger partial charge in [-0.3, -0.25) is 4.72 Å². The first-order valence-corrected chi connectivity index (χ1v) is 7.95. The van der Waals surface area contributed by atoms with Crippen LogP contribution in [-0.4, -0.2) is 13.4 Å². The summed E-state index contributed by atoms with van der Waals surface area (Å²) in [6, 6.07) is 8.09. The number of benzene rings is 1. The number of sulfonamides is 1. The van der Waals surface area contributed by atoms with Crippen molar-refractivity contribution < 1.29 is 8.42 Å². The Kier molecular flexibility index (Phi) is 4.13. The summed E-state index contributed by atoms with van der Waals surface area (Å²) in [5, 5.41) is 0.149. The lowest BCUT2D eigenvalue weighted by atomic mass is 10.3. The molecule has 7 heteroatoms. The van der Waals surface area contributed by atoms with Crippen molar-refractivity contribution in [2.75, 3.05) is 4.72 Å². The van der Waals surface area contributed by atoms with Gasteiger partial charge in [0.25, 0.3) is 10.0 Å². The van der Waals surface area contributed by atoms with Crippen molar-refractivity contribution >= 4 is 43.4 Å². The molecule has 0 amide bonds. The molecule has 0 fully saturated rings. The second kappa shape index (κ2) is 5.48. The largest absolute Gasteiger partial charge is 0.264 e. The molecule has 1 aromatic heterocycles. The molecular weight excluding hydrogens is 352 g/mol. The first kappa shape index (κ1) is 14.3. The van der Waals surface area contributed by atoms with Crippen LogP contribution in [0.4, 0.5) is 5.82 Å². The van der Waals surface area contributed by atoms with Gasteiger partial charge in [0.15, 0.2) is 0 Å². The molecule has 0 aliphatic carbocycles. The number of aryl methyl sites for hydroxylation is 1. The van der Waals surface area contributed by atoms with E-state index in [0.29, 0.717) is 10.3 Å². The van der Waals surface area contributed by atoms with Crippen molar-refractivity contribution in [3.05, 3.63) is 51.6 Å². The van der Waals surface area contributed by atoms with Gasteiger partial charge < -0.3 is 0 Å². The monoisotopic (exact) mass is 360 g/mol. The molecule has 100 valence electrons. The molecule has 1 N–H and O–H groups in total. The Morgan fingerprint density at radius 1 is 1.32 bits per heavy atom. The lowest BCUT2D eigenvalue weighted by Gasteiger charge is -2.10. The maximum atomic E-state index is 12.2. The molecule has 0 saturated heterocycles. The van der Waals surface area contributed by atoms with Crippen LogP contribution in [0.15, 0.2) is 45.9 Å². The average molecular weight is 362 g/mol. The van der Waals surface area contributed by atoms with Crippen LogP contribution in [0, 0.1) is 6.92 Å². The van der Waals surface area contributed by atoms with Crippen molar-refractivity contribution in [1.29, 1.82) is 0 Å². The second-order valence-electron chi connectivity index (χ2n) is 3.85. The fourth-order valence-electron chi connectivity index (χ4n) is 1.47. The number of rotatable bonds is 3. The van der Waals surface area contributed by atoms with Crippen LogP contribution >= 0.6 is 27.5 Å². The fourth-order valence-corrected chi connectivity index (χ4v) is 3.59. The molecule has 0 saturated carbocycles. The quantitative estimate of drug-likeness (QED) is 0.908. The Morgan fingerprint density at radius 2 is 2.05 bits per heavy atom. The van der Waals surface area contributed by atoms with E-state index in [9.17, 15) is 8.42 Å². The Labute approximate surface area is 125 Å². The first-order valence-electron chi connectivity index (χ1n) is 5.29. The number of pyridine rings is 1. The summed E-state index contributed by atoms with van der Waals surface area (Å²) >= 11 is 9.18. The van der Waals surface area contributed by atoms with Crippen LogP contribution < -0.4 is 4.72 Å². The zero-order valence-electron chi connectivity index (χ0n) is 9.89. The highest BCUT2D eigenvalue weighted by atomic mass is 79.9. The van der Waals surface area contributed by atoms with E-state index in [2.05, 4.69) is 25.6 Å². The number of hydrogen-bond donors (Lipinski definition) is 1. The van der Waals surface area contributed by atoms with Crippen LogP contribution in [0.5, 0.6) is 0 Å². The molecule has 2 rings (SSSR count). The summed E-state index contributed by atoms with van der Waals surface area (Å²) < 4.78 is 27.6. The summed E-state index contributed by atoms with van der Waals surface area (Å²) in [6.45, 7) is 1.77. The average Bonchev–Trinajstić information content (AvgIpc) is 2.31. The summed E-state index contributed by atoms with van der Waals surface area (Å²) in [7, 11) is -3.75. The van der Waals surface area contributed by atoms with Gasteiger partial charge in [-0.1, -0.05) is 33.6 Å². The van der Waals surface area contributed by atoms with Gasteiger partial charge in [-0.15, -0.1) is 0 Å². The Morgan fingerprint density at radius 3 is 2.68 bits per heavy atom. The van der Waals surface area contributed by atoms with Gasteiger partial charge in [0.2, 0.25) is 0 Å². The molecule has 0 aliphatic rings. The molecule has 1 aromatic carbocycles. The molecule has 0 bridgehead atoms. The van der Waals surface area contributed by atoms with Gasteiger partial charge in [0, 0.05) is 10.7 Å². The molecule has 4 nitrogen and oxygen atoms in total. The Bertz CT molecular complexity index is 719. The lowest BCUT2D eigenvalue weighted by Crippen LogP contribution is -2.15. The van der Waals surface area contributed by atoms with E-state index in [1.165, 1.54) is 18.3 Å². The van der Waals surface area contributed by atoms with E-state index >= 15 is 0 Å². The molecule has 0 unspecified atom stereocenters. The highest BCUT2D eigenvalue weighted by Crippen LogP contribution is 2.27. The van der Waals surface area contributed by atoms with Gasteiger partial charge in [0.1, 0.15) is 10.7 Å². The summed E-state index contributed by atoms with van der Waals surface area (Å²) in [4.78, 5) is 4.01. The molecule has 0 aliphatic heterocycles. The maximum absolute atomic E-state index is 12.2. The predicted octanol–water partition coefficient (Wildman–Crippen LogP) is 3.61. The summed E-state index contributed by atoms with van der Waals surface area (Å²) in [5.74, 6) is 0.293. The van der Waals surface area contributed by atoms with Gasteiger partial charge in [-0.05, 0) is 36.8 Å². The van der Waals surface area contributed by atoms with Crippen molar-refractivity contribution in [2.45, 2.75) is 11.8 Å². The van der Waals surface area contributed by atoms with E-state index in [4.69, 9.17) is 11.6 Å². The van der Waals surface area contributed by atoms with Crippen molar-refractivity contribution in [3.8, 4) is 0 Å². The zero-order valence-corrected chi connectivity index (χ0v) is 13.1. The minimum atomic E-state index is -3.75. The minimum Gasteiger partial charge on any atom is -0.263 e. The third-order valence-electron chi connectivity index (χ3n) is 2.42. The smallest absolute Gasteiger partial charge is 0.263 e. The van der Waals surface area contributed by atoms with E-state index in [-0.39, 0.29) is 9.92 Å². The number of hydrogen-bond acceptors (Lipinski definition) is 3. The first-order chi connectivity index (χ1) is 8.90. The van der Waals surface area contributed by atoms with Crippen LogP contribution in [0.1, 0.15) is 5.56 Å². The number of aromatic nitrogens is 1. The Balaban J connectivity index is 2.41. The number of nitrogens with zero attached hydrogens (tertiary/aromatic N) is 1. The van der Waals surface area contributed by atoms with Crippen molar-refractivity contribution in [3.63, 3.8) is 0 Å². The van der Waals surface area contributed by atoms with E-state index < -0.39 is 10.0 Å². The normalized spacial score (nSPS) is 11.3.